The smallest absolute Gasteiger partial charge is 0.256 e. The lowest BCUT2D eigenvalue weighted by molar-refractivity contribution is 0.112. The molecule has 3 atom stereocenters. The number of rotatable bonds is 4. The van der Waals surface area contributed by atoms with Crippen LogP contribution in [0.2, 0.25) is 0 Å². The van der Waals surface area contributed by atoms with Crippen molar-refractivity contribution >= 4 is 37.9 Å². The van der Waals surface area contributed by atoms with Crippen molar-refractivity contribution in [3.05, 3.63) is 18.1 Å². The predicted octanol–water partition coefficient (Wildman–Crippen LogP) is 4.54. The van der Waals surface area contributed by atoms with Gasteiger partial charge in [-0.1, -0.05) is 6.42 Å². The Balaban J connectivity index is 1.64. The Kier molecular flexibility index (Phi) is 3.81. The lowest BCUT2D eigenvalue weighted by Crippen LogP contribution is -2.28. The Hall–Kier alpha value is -1.19. The third-order valence-corrected chi connectivity index (χ3v) is 6.82. The van der Waals surface area contributed by atoms with Crippen LogP contribution in [0.1, 0.15) is 43.6 Å². The van der Waals surface area contributed by atoms with Crippen LogP contribution in [0.3, 0.4) is 0 Å². The number of aromatic amines is 1. The van der Waals surface area contributed by atoms with Crippen LogP contribution in [0, 0.1) is 3.56 Å². The fourth-order valence-corrected chi connectivity index (χ4v) is 5.10. The van der Waals surface area contributed by atoms with Gasteiger partial charge in [0.25, 0.3) is 5.92 Å². The van der Waals surface area contributed by atoms with Gasteiger partial charge in [0.05, 0.1) is 11.3 Å². The molecule has 0 aromatic carbocycles. The first kappa shape index (κ1) is 15.3. The topological polar surface area (TPSA) is 77.5 Å². The van der Waals surface area contributed by atoms with Gasteiger partial charge in [-0.15, -0.1) is 0 Å². The first-order valence-electron chi connectivity index (χ1n) is 7.84. The van der Waals surface area contributed by atoms with Gasteiger partial charge in [-0.25, -0.2) is 18.7 Å². The second kappa shape index (κ2) is 5.71. The number of alkyl halides is 3. The van der Waals surface area contributed by atoms with E-state index >= 15 is 0 Å². The summed E-state index contributed by atoms with van der Waals surface area (Å²) < 4.78 is 35.2. The van der Waals surface area contributed by atoms with E-state index in [1.165, 1.54) is 6.33 Å². The molecule has 124 valence electrons. The summed E-state index contributed by atoms with van der Waals surface area (Å²) in [7, 11) is 0. The number of nitrogens with zero attached hydrogens (tertiary/aromatic N) is 2. The maximum atomic E-state index is 13.5. The van der Waals surface area contributed by atoms with Crippen molar-refractivity contribution in [2.45, 2.75) is 53.9 Å². The molecule has 0 amide bonds. The number of aromatic nitrogens is 3. The highest BCUT2D eigenvalue weighted by atomic mass is 127. The van der Waals surface area contributed by atoms with Gasteiger partial charge in [-0.3, -0.25) is 3.56 Å². The zero-order valence-corrected chi connectivity index (χ0v) is 14.6. The summed E-state index contributed by atoms with van der Waals surface area (Å²) in [4.78, 5) is 11.5. The van der Waals surface area contributed by atoms with Crippen molar-refractivity contribution in [2.75, 3.05) is 5.32 Å². The van der Waals surface area contributed by atoms with E-state index < -0.39 is 32.9 Å². The Labute approximate surface area is 142 Å². The number of anilines is 1. The molecule has 2 aliphatic carbocycles. The Morgan fingerprint density at radius 2 is 2.17 bits per heavy atom. The summed E-state index contributed by atoms with van der Waals surface area (Å²) in [6.07, 6.45) is 7.33. The monoisotopic (exact) mass is 433 g/mol. The molecule has 0 radical (unpaired) electrons. The van der Waals surface area contributed by atoms with Crippen molar-refractivity contribution in [3.8, 4) is 0 Å². The molecule has 0 spiro atoms. The van der Waals surface area contributed by atoms with Crippen molar-refractivity contribution in [2.24, 2.45) is 0 Å². The normalized spacial score (nSPS) is 29.6. The minimum atomic E-state index is -2.60. The highest BCUT2D eigenvalue weighted by Crippen LogP contribution is 2.57. The van der Waals surface area contributed by atoms with Gasteiger partial charge in [-0.2, -0.15) is 0 Å². The van der Waals surface area contributed by atoms with E-state index in [-0.39, 0.29) is 12.5 Å². The molecule has 2 heterocycles. The Morgan fingerprint density at radius 3 is 2.91 bits per heavy atom. The van der Waals surface area contributed by atoms with Crippen LogP contribution < -0.4 is 5.32 Å². The predicted molar refractivity (Wildman–Crippen MR) is 92.6 cm³/mol. The van der Waals surface area contributed by atoms with Gasteiger partial charge < -0.3 is 10.3 Å². The van der Waals surface area contributed by atoms with Crippen LogP contribution >= 0.6 is 21.0 Å². The van der Waals surface area contributed by atoms with E-state index in [0.29, 0.717) is 26.3 Å². The third-order valence-electron chi connectivity index (χ3n) is 4.81. The summed E-state index contributed by atoms with van der Waals surface area (Å²) in [6.45, 7) is 0. The fourth-order valence-electron chi connectivity index (χ4n) is 3.48. The standard InChI is InChI=1S/C15H18F2IN5/c16-15(17)5-11(15)10-6-20-13-12(10)14(22-7-21-13)23-9-3-1-2-8(4-9)18-19/h6-9,11,19H,1-5H2,(H2,20,21,22,23)/t8?,9-,11?/m1/s1. The fraction of sp³-hybridized carbons (Fsp3) is 0.600. The van der Waals surface area contributed by atoms with Crippen LogP contribution in [0.5, 0.6) is 0 Å². The molecule has 2 saturated carbocycles. The molecule has 2 aromatic heterocycles. The molecule has 4 rings (SSSR count). The van der Waals surface area contributed by atoms with E-state index in [0.717, 1.165) is 25.7 Å². The van der Waals surface area contributed by atoms with Crippen molar-refractivity contribution in [1.29, 1.82) is 3.56 Å². The molecule has 2 fully saturated rings. The minimum absolute atomic E-state index is 0.0942. The summed E-state index contributed by atoms with van der Waals surface area (Å²) in [5.74, 6) is -2.67. The molecule has 0 bridgehead atoms. The first-order chi connectivity index (χ1) is 11.1. The maximum absolute atomic E-state index is 13.5. The van der Waals surface area contributed by atoms with Gasteiger partial charge in [-0.05, 0) is 45.9 Å². The van der Waals surface area contributed by atoms with Crippen molar-refractivity contribution < 1.29 is 8.78 Å². The highest BCUT2D eigenvalue weighted by molar-refractivity contribution is 14.1. The van der Waals surface area contributed by atoms with E-state index in [2.05, 4.69) is 20.3 Å². The zero-order valence-electron chi connectivity index (χ0n) is 12.5. The van der Waals surface area contributed by atoms with Gasteiger partial charge in [0, 0.05) is 22.6 Å². The average Bonchev–Trinajstić information content (AvgIpc) is 2.98. The molecule has 5 nitrogen and oxygen atoms in total. The summed E-state index contributed by atoms with van der Waals surface area (Å²) >= 11 is -0.491. The number of fused-ring (bicyclic) bond motifs is 1. The highest BCUT2D eigenvalue weighted by Gasteiger charge is 2.58. The molecule has 2 aliphatic rings. The molecule has 2 aromatic rings. The number of nitrogens with one attached hydrogen (secondary N) is 3. The van der Waals surface area contributed by atoms with Crippen LogP contribution in [0.4, 0.5) is 14.6 Å². The van der Waals surface area contributed by atoms with Gasteiger partial charge in [0.15, 0.2) is 0 Å². The maximum Gasteiger partial charge on any atom is 0.256 e. The molecule has 2 unspecified atom stereocenters. The number of halogens is 3. The van der Waals surface area contributed by atoms with Gasteiger partial charge >= 0.3 is 0 Å². The largest absolute Gasteiger partial charge is 0.367 e. The van der Waals surface area contributed by atoms with Crippen molar-refractivity contribution in [1.82, 2.24) is 15.0 Å². The summed E-state index contributed by atoms with van der Waals surface area (Å²) in [5, 5.41) is 4.15. The first-order valence-corrected chi connectivity index (χ1v) is 10.2. The van der Waals surface area contributed by atoms with E-state index in [1.54, 1.807) is 6.20 Å². The molecule has 8 heteroatoms. The molecular formula is C15H18F2IN5. The molecule has 0 aliphatic heterocycles. The van der Waals surface area contributed by atoms with E-state index in [9.17, 15) is 8.78 Å². The Morgan fingerprint density at radius 1 is 1.35 bits per heavy atom. The number of H-pyrrole nitrogens is 1. The SMILES string of the molecule is N=IC1CCC[C@@H](Nc2ncnc3[nH]cc(C4CC4(F)F)c23)C1. The molecule has 23 heavy (non-hydrogen) atoms. The molecular weight excluding hydrogens is 415 g/mol. The third kappa shape index (κ3) is 2.85. The van der Waals surface area contributed by atoms with Crippen LogP contribution in [0.15, 0.2) is 12.5 Å². The number of hydrogen-bond donors (Lipinski definition) is 3. The molecule has 0 saturated heterocycles. The van der Waals surface area contributed by atoms with Gasteiger partial charge in [0.1, 0.15) is 17.8 Å². The van der Waals surface area contributed by atoms with Crippen molar-refractivity contribution in [3.63, 3.8) is 0 Å². The van der Waals surface area contributed by atoms with E-state index in [4.69, 9.17) is 3.56 Å². The van der Waals surface area contributed by atoms with E-state index in [1.807, 2.05) is 0 Å². The zero-order chi connectivity index (χ0) is 16.0. The lowest BCUT2D eigenvalue weighted by Gasteiger charge is -2.27. The second-order valence-electron chi connectivity index (χ2n) is 6.42. The minimum Gasteiger partial charge on any atom is -0.367 e. The molecule has 3 N–H and O–H groups in total. The van der Waals surface area contributed by atoms with Crippen LogP contribution in [-0.4, -0.2) is 30.8 Å². The summed E-state index contributed by atoms with van der Waals surface area (Å²) in [6, 6.07) is 0.277. The Bertz CT molecular complexity index is 747. The quantitative estimate of drug-likeness (QED) is 0.490. The number of hydrogen-bond acceptors (Lipinski definition) is 4. The average molecular weight is 433 g/mol. The van der Waals surface area contributed by atoms with Crippen LogP contribution in [-0.2, 0) is 0 Å². The second-order valence-corrected chi connectivity index (χ2v) is 8.81. The summed E-state index contributed by atoms with van der Waals surface area (Å²) in [5.41, 5.74) is 1.23. The van der Waals surface area contributed by atoms with Gasteiger partial charge in [0.2, 0.25) is 0 Å². The van der Waals surface area contributed by atoms with Crippen LogP contribution in [0.25, 0.3) is 11.0 Å². The lowest BCUT2D eigenvalue weighted by atomic mass is 9.95.